The summed E-state index contributed by atoms with van der Waals surface area (Å²) >= 11 is 3.47. The highest BCUT2D eigenvalue weighted by Crippen LogP contribution is 2.30. The molecular formula is C10H12BrN7. The van der Waals surface area contributed by atoms with E-state index in [0.29, 0.717) is 5.82 Å². The summed E-state index contributed by atoms with van der Waals surface area (Å²) in [4.78, 5) is 14.8. The van der Waals surface area contributed by atoms with Crippen LogP contribution in [0.15, 0.2) is 23.2 Å². The van der Waals surface area contributed by atoms with E-state index >= 15 is 0 Å². The first-order valence-electron chi connectivity index (χ1n) is 5.51. The lowest BCUT2D eigenvalue weighted by Crippen LogP contribution is -2.34. The summed E-state index contributed by atoms with van der Waals surface area (Å²) in [6.45, 7) is 2.51. The van der Waals surface area contributed by atoms with Crippen molar-refractivity contribution in [3.05, 3.63) is 29.0 Å². The number of hydrazine groups is 1. The number of nitrogens with one attached hydrogen (secondary N) is 1. The van der Waals surface area contributed by atoms with Crippen LogP contribution in [0.4, 0.5) is 11.6 Å². The molecule has 0 bridgehead atoms. The summed E-state index contributed by atoms with van der Waals surface area (Å²) in [5, 5.41) is 0. The Bertz CT molecular complexity index is 567. The molecule has 7 nitrogen and oxygen atoms in total. The van der Waals surface area contributed by atoms with Crippen LogP contribution in [0.1, 0.15) is 5.82 Å². The van der Waals surface area contributed by atoms with Crippen LogP contribution in [0.5, 0.6) is 0 Å². The fourth-order valence-electron chi connectivity index (χ4n) is 2.04. The molecule has 94 valence electrons. The Hall–Kier alpha value is -1.67. The van der Waals surface area contributed by atoms with Crippen molar-refractivity contribution in [1.82, 2.24) is 19.5 Å². The van der Waals surface area contributed by atoms with Gasteiger partial charge in [-0.05, 0) is 15.9 Å². The van der Waals surface area contributed by atoms with E-state index in [0.717, 1.165) is 35.7 Å². The van der Waals surface area contributed by atoms with Gasteiger partial charge in [-0.1, -0.05) is 0 Å². The summed E-state index contributed by atoms with van der Waals surface area (Å²) < 4.78 is 2.92. The Morgan fingerprint density at radius 3 is 3.00 bits per heavy atom. The van der Waals surface area contributed by atoms with E-state index in [1.54, 1.807) is 0 Å². The van der Waals surface area contributed by atoms with Gasteiger partial charge in [0.1, 0.15) is 22.4 Å². The van der Waals surface area contributed by atoms with Crippen molar-refractivity contribution in [2.24, 2.45) is 5.84 Å². The SMILES string of the molecule is NNc1ncnc(N2CCn3ccnc3C2)c1Br. The van der Waals surface area contributed by atoms with Gasteiger partial charge in [0.15, 0.2) is 5.82 Å². The van der Waals surface area contributed by atoms with Gasteiger partial charge in [-0.3, -0.25) is 0 Å². The topological polar surface area (TPSA) is 84.9 Å². The number of nitrogens with two attached hydrogens (primary N) is 1. The minimum Gasteiger partial charge on any atom is -0.346 e. The smallest absolute Gasteiger partial charge is 0.159 e. The van der Waals surface area contributed by atoms with Crippen molar-refractivity contribution >= 4 is 27.6 Å². The Balaban J connectivity index is 1.93. The third-order valence-corrected chi connectivity index (χ3v) is 3.68. The highest BCUT2D eigenvalue weighted by atomic mass is 79.9. The number of hydrogen-bond donors (Lipinski definition) is 2. The third-order valence-electron chi connectivity index (χ3n) is 2.95. The van der Waals surface area contributed by atoms with Crippen molar-refractivity contribution in [3.8, 4) is 0 Å². The Morgan fingerprint density at radius 2 is 2.17 bits per heavy atom. The quantitative estimate of drug-likeness (QED) is 0.629. The molecule has 18 heavy (non-hydrogen) atoms. The lowest BCUT2D eigenvalue weighted by Gasteiger charge is -2.29. The molecule has 2 aromatic rings. The number of aromatic nitrogens is 4. The number of rotatable bonds is 2. The van der Waals surface area contributed by atoms with Crippen molar-refractivity contribution in [2.45, 2.75) is 13.1 Å². The Morgan fingerprint density at radius 1 is 1.28 bits per heavy atom. The van der Waals surface area contributed by atoms with E-state index in [1.807, 2.05) is 12.4 Å². The average molecular weight is 310 g/mol. The average Bonchev–Trinajstić information content (AvgIpc) is 2.86. The molecule has 3 rings (SSSR count). The van der Waals surface area contributed by atoms with Crippen LogP contribution >= 0.6 is 15.9 Å². The Labute approximate surface area is 112 Å². The number of imidazole rings is 1. The van der Waals surface area contributed by atoms with Crippen LogP contribution in [-0.2, 0) is 13.1 Å². The Kier molecular flexibility index (Phi) is 2.88. The number of hydrogen-bond acceptors (Lipinski definition) is 6. The predicted molar refractivity (Wildman–Crippen MR) is 70.8 cm³/mol. The number of anilines is 2. The summed E-state index contributed by atoms with van der Waals surface area (Å²) in [7, 11) is 0. The highest BCUT2D eigenvalue weighted by Gasteiger charge is 2.21. The molecule has 0 radical (unpaired) electrons. The van der Waals surface area contributed by atoms with Gasteiger partial charge in [-0.2, -0.15) is 0 Å². The first-order valence-corrected chi connectivity index (χ1v) is 6.31. The second kappa shape index (κ2) is 4.54. The second-order valence-electron chi connectivity index (χ2n) is 3.96. The molecule has 1 aliphatic heterocycles. The van der Waals surface area contributed by atoms with Gasteiger partial charge in [0.05, 0.1) is 6.54 Å². The van der Waals surface area contributed by atoms with E-state index in [-0.39, 0.29) is 0 Å². The van der Waals surface area contributed by atoms with Gasteiger partial charge in [-0.15, -0.1) is 0 Å². The van der Waals surface area contributed by atoms with Crippen molar-refractivity contribution in [3.63, 3.8) is 0 Å². The molecular weight excluding hydrogens is 298 g/mol. The largest absolute Gasteiger partial charge is 0.346 e. The number of nitrogen functional groups attached to an aromatic ring is 1. The molecule has 2 aromatic heterocycles. The molecule has 0 aromatic carbocycles. The first kappa shape index (κ1) is 11.4. The molecule has 8 heteroatoms. The summed E-state index contributed by atoms with van der Waals surface area (Å²) in [6.07, 6.45) is 5.31. The molecule has 0 unspecified atom stereocenters. The molecule has 0 saturated heterocycles. The predicted octanol–water partition coefficient (Wildman–Crippen LogP) is 0.741. The normalized spacial score (nSPS) is 14.4. The number of fused-ring (bicyclic) bond motifs is 1. The van der Waals surface area contributed by atoms with Gasteiger partial charge < -0.3 is 14.9 Å². The molecule has 0 saturated carbocycles. The molecule has 0 amide bonds. The van der Waals surface area contributed by atoms with Crippen LogP contribution in [0.3, 0.4) is 0 Å². The van der Waals surface area contributed by atoms with Crippen LogP contribution in [0, 0.1) is 0 Å². The minimum atomic E-state index is 0.578. The zero-order valence-corrected chi connectivity index (χ0v) is 11.1. The van der Waals surface area contributed by atoms with Gasteiger partial charge in [-0.25, -0.2) is 20.8 Å². The number of halogens is 1. The monoisotopic (exact) mass is 309 g/mol. The second-order valence-corrected chi connectivity index (χ2v) is 4.76. The van der Waals surface area contributed by atoms with Gasteiger partial charge in [0.2, 0.25) is 0 Å². The summed E-state index contributed by atoms with van der Waals surface area (Å²) in [5.41, 5.74) is 2.54. The van der Waals surface area contributed by atoms with Gasteiger partial charge in [0, 0.05) is 25.5 Å². The molecule has 0 atom stereocenters. The fourth-order valence-corrected chi connectivity index (χ4v) is 2.61. The van der Waals surface area contributed by atoms with E-state index in [9.17, 15) is 0 Å². The van der Waals surface area contributed by atoms with Gasteiger partial charge >= 0.3 is 0 Å². The van der Waals surface area contributed by atoms with E-state index < -0.39 is 0 Å². The molecule has 1 aliphatic rings. The number of nitrogens with zero attached hydrogens (tertiary/aromatic N) is 5. The maximum atomic E-state index is 5.40. The zero-order valence-electron chi connectivity index (χ0n) is 9.54. The molecule has 0 aliphatic carbocycles. The van der Waals surface area contributed by atoms with E-state index in [2.05, 4.69) is 45.8 Å². The molecule has 0 spiro atoms. The van der Waals surface area contributed by atoms with Crippen molar-refractivity contribution in [1.29, 1.82) is 0 Å². The molecule has 3 N–H and O–H groups in total. The lowest BCUT2D eigenvalue weighted by molar-refractivity contribution is 0.555. The molecule has 3 heterocycles. The fraction of sp³-hybridized carbons (Fsp3) is 0.300. The van der Waals surface area contributed by atoms with E-state index in [4.69, 9.17) is 5.84 Å². The first-order chi connectivity index (χ1) is 8.79. The standard InChI is InChI=1S/C10H12BrN7/c11-8-9(16-12)14-6-15-10(8)18-4-3-17-2-1-13-7(17)5-18/h1-2,6H,3-5,12H2,(H,14,15,16). The van der Waals surface area contributed by atoms with Gasteiger partial charge in [0.25, 0.3) is 0 Å². The summed E-state index contributed by atoms with van der Waals surface area (Å²) in [5.74, 6) is 7.84. The minimum absolute atomic E-state index is 0.578. The van der Waals surface area contributed by atoms with E-state index in [1.165, 1.54) is 6.33 Å². The maximum Gasteiger partial charge on any atom is 0.159 e. The van der Waals surface area contributed by atoms with Crippen molar-refractivity contribution in [2.75, 3.05) is 16.9 Å². The summed E-state index contributed by atoms with van der Waals surface area (Å²) in [6, 6.07) is 0. The van der Waals surface area contributed by atoms with Crippen LogP contribution < -0.4 is 16.2 Å². The molecule has 0 fully saturated rings. The van der Waals surface area contributed by atoms with Crippen LogP contribution in [0.2, 0.25) is 0 Å². The third kappa shape index (κ3) is 1.83. The van der Waals surface area contributed by atoms with Crippen LogP contribution in [-0.4, -0.2) is 26.1 Å². The maximum absolute atomic E-state index is 5.40. The highest BCUT2D eigenvalue weighted by molar-refractivity contribution is 9.10. The lowest BCUT2D eigenvalue weighted by atomic mass is 10.3. The zero-order chi connectivity index (χ0) is 12.5. The van der Waals surface area contributed by atoms with Crippen molar-refractivity contribution < 1.29 is 0 Å². The van der Waals surface area contributed by atoms with Crippen LogP contribution in [0.25, 0.3) is 0 Å².